The number of carbonyl (C=O) groups excluding carboxylic acids is 5. The van der Waals surface area contributed by atoms with Crippen LogP contribution in [0.15, 0.2) is 36.4 Å². The third-order valence-electron chi connectivity index (χ3n) is 11.3. The zero-order valence-electron chi connectivity index (χ0n) is 26.7. The average molecular weight is 639 g/mol. The van der Waals surface area contributed by atoms with Gasteiger partial charge in [0.05, 0.1) is 11.1 Å². The SMILES string of the molecule is O=C1CCC(N2C(=O)c3cc4c(cc3C2=O)CN(C2CN(C3CCN(c5ccc(C(=O)NC6CCCCC6)cc5)CC3)C2)C4)C(=O)N1. The van der Waals surface area contributed by atoms with Gasteiger partial charge in [0.2, 0.25) is 11.8 Å². The van der Waals surface area contributed by atoms with Gasteiger partial charge in [-0.2, -0.15) is 0 Å². The number of imide groups is 2. The minimum absolute atomic E-state index is 0.0399. The van der Waals surface area contributed by atoms with Crippen LogP contribution in [0.1, 0.15) is 100.0 Å². The van der Waals surface area contributed by atoms with Crippen molar-refractivity contribution < 1.29 is 24.0 Å². The zero-order valence-corrected chi connectivity index (χ0v) is 26.7. The van der Waals surface area contributed by atoms with Gasteiger partial charge in [0.25, 0.3) is 17.7 Å². The summed E-state index contributed by atoms with van der Waals surface area (Å²) in [6, 6.07) is 12.2. The molecular weight excluding hydrogens is 596 g/mol. The summed E-state index contributed by atoms with van der Waals surface area (Å²) in [6.45, 7) is 5.52. The smallest absolute Gasteiger partial charge is 0.262 e. The molecule has 0 radical (unpaired) electrons. The van der Waals surface area contributed by atoms with Crippen LogP contribution in [0.2, 0.25) is 0 Å². The Hall–Kier alpha value is -4.09. The van der Waals surface area contributed by atoms with Gasteiger partial charge in [-0.3, -0.25) is 44.0 Å². The Morgan fingerprint density at radius 3 is 2.00 bits per heavy atom. The van der Waals surface area contributed by atoms with Crippen molar-refractivity contribution in [2.75, 3.05) is 31.1 Å². The van der Waals surface area contributed by atoms with Crippen molar-refractivity contribution in [1.29, 1.82) is 0 Å². The molecule has 11 nitrogen and oxygen atoms in total. The number of nitrogens with zero attached hydrogens (tertiary/aromatic N) is 4. The van der Waals surface area contributed by atoms with Crippen molar-refractivity contribution in [2.45, 2.75) is 95.0 Å². The van der Waals surface area contributed by atoms with E-state index in [4.69, 9.17) is 0 Å². The maximum Gasteiger partial charge on any atom is 0.262 e. The molecule has 2 aromatic rings. The summed E-state index contributed by atoms with van der Waals surface area (Å²) in [5.74, 6) is -1.81. The highest BCUT2D eigenvalue weighted by Gasteiger charge is 2.46. The second-order valence-corrected chi connectivity index (χ2v) is 14.2. The molecule has 3 saturated heterocycles. The molecule has 11 heteroatoms. The summed E-state index contributed by atoms with van der Waals surface area (Å²) < 4.78 is 0. The summed E-state index contributed by atoms with van der Waals surface area (Å²) in [7, 11) is 0. The van der Waals surface area contributed by atoms with Crippen molar-refractivity contribution >= 4 is 35.2 Å². The number of nitrogens with one attached hydrogen (secondary N) is 2. The van der Waals surface area contributed by atoms with Crippen LogP contribution >= 0.6 is 0 Å². The van der Waals surface area contributed by atoms with E-state index in [1.807, 2.05) is 24.3 Å². The Morgan fingerprint density at radius 2 is 1.38 bits per heavy atom. The highest BCUT2D eigenvalue weighted by Crippen LogP contribution is 2.36. The number of amides is 5. The summed E-state index contributed by atoms with van der Waals surface area (Å²) in [5.41, 5.74) is 4.78. The van der Waals surface area contributed by atoms with Crippen LogP contribution < -0.4 is 15.5 Å². The maximum absolute atomic E-state index is 13.3. The van der Waals surface area contributed by atoms with Crippen molar-refractivity contribution in [3.8, 4) is 0 Å². The van der Waals surface area contributed by atoms with E-state index in [1.54, 1.807) is 0 Å². The molecule has 1 unspecified atom stereocenters. The molecule has 1 atom stereocenters. The Balaban J connectivity index is 0.815. The molecule has 0 spiro atoms. The van der Waals surface area contributed by atoms with E-state index in [2.05, 4.69) is 37.5 Å². The van der Waals surface area contributed by atoms with Gasteiger partial charge in [0.15, 0.2) is 0 Å². The van der Waals surface area contributed by atoms with E-state index in [9.17, 15) is 24.0 Å². The summed E-state index contributed by atoms with van der Waals surface area (Å²) in [5, 5.41) is 5.47. The molecule has 8 rings (SSSR count). The Labute approximate surface area is 274 Å². The molecule has 1 saturated carbocycles. The summed E-state index contributed by atoms with van der Waals surface area (Å²) >= 11 is 0. The molecule has 1 aliphatic carbocycles. The van der Waals surface area contributed by atoms with E-state index >= 15 is 0 Å². The minimum atomic E-state index is -0.941. The van der Waals surface area contributed by atoms with E-state index in [0.717, 1.165) is 86.5 Å². The third-order valence-corrected chi connectivity index (χ3v) is 11.3. The Kier molecular flexibility index (Phi) is 7.84. The zero-order chi connectivity index (χ0) is 32.2. The van der Waals surface area contributed by atoms with Crippen LogP contribution in [0.25, 0.3) is 0 Å². The van der Waals surface area contributed by atoms with Gasteiger partial charge >= 0.3 is 0 Å². The Bertz CT molecular complexity index is 1580. The summed E-state index contributed by atoms with van der Waals surface area (Å²) in [6.07, 6.45) is 8.34. The molecule has 4 fully saturated rings. The second-order valence-electron chi connectivity index (χ2n) is 14.2. The van der Waals surface area contributed by atoms with Gasteiger partial charge in [-0.15, -0.1) is 0 Å². The largest absolute Gasteiger partial charge is 0.371 e. The fourth-order valence-corrected chi connectivity index (χ4v) is 8.50. The van der Waals surface area contributed by atoms with Crippen molar-refractivity contribution in [3.63, 3.8) is 0 Å². The van der Waals surface area contributed by atoms with Crippen molar-refractivity contribution in [2.24, 2.45) is 0 Å². The lowest BCUT2D eigenvalue weighted by Crippen LogP contribution is -2.62. The minimum Gasteiger partial charge on any atom is -0.371 e. The van der Waals surface area contributed by atoms with Crippen LogP contribution in [0.4, 0.5) is 5.69 Å². The monoisotopic (exact) mass is 638 g/mol. The van der Waals surface area contributed by atoms with Gasteiger partial charge in [0, 0.05) is 75.1 Å². The topological polar surface area (TPSA) is 122 Å². The number of likely N-dealkylation sites (tertiary alicyclic amines) is 1. The van der Waals surface area contributed by atoms with Crippen LogP contribution in [-0.2, 0) is 22.7 Å². The van der Waals surface area contributed by atoms with Gasteiger partial charge in [-0.25, -0.2) is 0 Å². The van der Waals surface area contributed by atoms with E-state index in [-0.39, 0.29) is 24.7 Å². The predicted octanol–water partition coefficient (Wildman–Crippen LogP) is 2.82. The fourth-order valence-electron chi connectivity index (χ4n) is 8.50. The molecular formula is C36H42N6O5. The van der Waals surface area contributed by atoms with Gasteiger partial charge in [-0.1, -0.05) is 19.3 Å². The predicted molar refractivity (Wildman–Crippen MR) is 174 cm³/mol. The number of anilines is 1. The molecule has 47 heavy (non-hydrogen) atoms. The first-order valence-corrected chi connectivity index (χ1v) is 17.3. The van der Waals surface area contributed by atoms with E-state index in [0.29, 0.717) is 29.3 Å². The molecule has 2 N–H and O–H groups in total. The molecule has 6 aliphatic rings. The van der Waals surface area contributed by atoms with Crippen molar-refractivity contribution in [1.82, 2.24) is 25.3 Å². The normalized spacial score (nSPS) is 24.7. The summed E-state index contributed by atoms with van der Waals surface area (Å²) in [4.78, 5) is 71.7. The van der Waals surface area contributed by atoms with Gasteiger partial charge < -0.3 is 10.2 Å². The highest BCUT2D eigenvalue weighted by molar-refractivity contribution is 6.23. The molecule has 0 bridgehead atoms. The number of hydrogen-bond donors (Lipinski definition) is 2. The molecule has 246 valence electrons. The number of hydrogen-bond acceptors (Lipinski definition) is 8. The molecule has 5 heterocycles. The van der Waals surface area contributed by atoms with Crippen LogP contribution in [0.3, 0.4) is 0 Å². The van der Waals surface area contributed by atoms with Crippen molar-refractivity contribution in [3.05, 3.63) is 64.2 Å². The maximum atomic E-state index is 13.3. The first-order valence-electron chi connectivity index (χ1n) is 17.3. The standard InChI is InChI=1S/C36H42N6O5/c43-32-11-10-31(34(45)38-32)42-35(46)29-16-23-18-40(19-24(23)17-30(29)36(42)47)28-20-41(21-28)27-12-14-39(15-13-27)26-8-6-22(7-9-26)33(44)37-25-4-2-1-3-5-25/h6-9,16-17,25,27-28,31H,1-5,10-15,18-21H2,(H,37,44)(H,38,43,45). The number of fused-ring (bicyclic) bond motifs is 2. The number of carbonyl (C=O) groups is 5. The number of benzene rings is 2. The highest BCUT2D eigenvalue weighted by atomic mass is 16.2. The van der Waals surface area contributed by atoms with E-state index in [1.165, 1.54) is 24.9 Å². The number of piperidine rings is 2. The molecule has 5 amide bonds. The van der Waals surface area contributed by atoms with E-state index < -0.39 is 23.8 Å². The number of rotatable bonds is 6. The van der Waals surface area contributed by atoms with Crippen LogP contribution in [0, 0.1) is 0 Å². The lowest BCUT2D eigenvalue weighted by Gasteiger charge is -2.50. The molecule has 0 aromatic heterocycles. The third kappa shape index (κ3) is 5.63. The first kappa shape index (κ1) is 30.3. The lowest BCUT2D eigenvalue weighted by molar-refractivity contribution is -0.136. The fraction of sp³-hybridized carbons (Fsp3) is 0.528. The molecule has 5 aliphatic heterocycles. The van der Waals surface area contributed by atoms with Crippen LogP contribution in [0.5, 0.6) is 0 Å². The van der Waals surface area contributed by atoms with Crippen LogP contribution in [-0.4, -0.2) is 94.6 Å². The quantitative estimate of drug-likeness (QED) is 0.464. The van der Waals surface area contributed by atoms with Gasteiger partial charge in [-0.05, 0) is 79.6 Å². The molecule has 2 aromatic carbocycles. The first-order chi connectivity index (χ1) is 22.8. The Morgan fingerprint density at radius 1 is 0.745 bits per heavy atom. The lowest BCUT2D eigenvalue weighted by atomic mass is 9.95. The second kappa shape index (κ2) is 12.2. The average Bonchev–Trinajstić information content (AvgIpc) is 3.57. The van der Waals surface area contributed by atoms with Gasteiger partial charge in [0.1, 0.15) is 6.04 Å².